The number of likely N-dealkylation sites (N-methyl/N-ethyl adjacent to an activating group) is 1. The van der Waals surface area contributed by atoms with Crippen LogP contribution in [0.3, 0.4) is 0 Å². The highest BCUT2D eigenvalue weighted by atomic mass is 15.1. The lowest BCUT2D eigenvalue weighted by Crippen LogP contribution is -2.33. The quantitative estimate of drug-likeness (QED) is 0.606. The predicted octanol–water partition coefficient (Wildman–Crippen LogP) is 1.72. The lowest BCUT2D eigenvalue weighted by Gasteiger charge is -2.18. The molecule has 0 spiro atoms. The first-order valence-corrected chi connectivity index (χ1v) is 5.63. The Morgan fingerprint density at radius 2 is 1.85 bits per heavy atom. The molecule has 0 aromatic heterocycles. The van der Waals surface area contributed by atoms with Crippen LogP contribution < -0.4 is 5.32 Å². The lowest BCUT2D eigenvalue weighted by molar-refractivity contribution is 0.298. The van der Waals surface area contributed by atoms with Gasteiger partial charge in [0, 0.05) is 19.6 Å². The van der Waals surface area contributed by atoms with Crippen molar-refractivity contribution in [3.8, 4) is 0 Å². The lowest BCUT2D eigenvalue weighted by atomic mass is 10.1. The Morgan fingerprint density at radius 3 is 2.31 bits per heavy atom. The maximum absolute atomic E-state index is 3.55. The average molecular weight is 184 g/mol. The first-order valence-electron chi connectivity index (χ1n) is 5.63. The van der Waals surface area contributed by atoms with Crippen LogP contribution in [0.2, 0.25) is 0 Å². The van der Waals surface area contributed by atoms with Crippen LogP contribution in [-0.4, -0.2) is 37.6 Å². The zero-order valence-corrected chi connectivity index (χ0v) is 9.40. The Balaban J connectivity index is 1.93. The minimum atomic E-state index is 0.656. The third kappa shape index (κ3) is 4.10. The SMILES string of the molecule is CCN(CC)CCNCC1(C)CC1. The van der Waals surface area contributed by atoms with Gasteiger partial charge in [-0.3, -0.25) is 0 Å². The highest BCUT2D eigenvalue weighted by molar-refractivity contribution is 4.90. The first kappa shape index (κ1) is 11.0. The Labute approximate surface area is 82.7 Å². The van der Waals surface area contributed by atoms with Gasteiger partial charge in [0.15, 0.2) is 0 Å². The van der Waals surface area contributed by atoms with Gasteiger partial charge in [-0.15, -0.1) is 0 Å². The topological polar surface area (TPSA) is 15.3 Å². The summed E-state index contributed by atoms with van der Waals surface area (Å²) in [5.74, 6) is 0. The molecule has 1 saturated carbocycles. The fourth-order valence-corrected chi connectivity index (χ4v) is 1.56. The van der Waals surface area contributed by atoms with Gasteiger partial charge in [0.2, 0.25) is 0 Å². The van der Waals surface area contributed by atoms with E-state index in [2.05, 4.69) is 31.0 Å². The molecule has 0 aromatic rings. The zero-order chi connectivity index (χ0) is 9.73. The molecule has 0 saturated heterocycles. The van der Waals surface area contributed by atoms with E-state index in [0.29, 0.717) is 5.41 Å². The van der Waals surface area contributed by atoms with Crippen LogP contribution in [-0.2, 0) is 0 Å². The Kier molecular flexibility index (Phi) is 4.20. The third-order valence-corrected chi connectivity index (χ3v) is 3.15. The molecule has 2 heteroatoms. The molecule has 0 radical (unpaired) electrons. The molecule has 1 aliphatic carbocycles. The normalized spacial score (nSPS) is 19.4. The van der Waals surface area contributed by atoms with E-state index >= 15 is 0 Å². The van der Waals surface area contributed by atoms with E-state index in [1.807, 2.05) is 0 Å². The summed E-state index contributed by atoms with van der Waals surface area (Å²) < 4.78 is 0. The average Bonchev–Trinajstić information content (AvgIpc) is 2.85. The summed E-state index contributed by atoms with van der Waals surface area (Å²) in [5, 5.41) is 3.55. The third-order valence-electron chi connectivity index (χ3n) is 3.15. The minimum Gasteiger partial charge on any atom is -0.315 e. The molecule has 0 aliphatic heterocycles. The van der Waals surface area contributed by atoms with Gasteiger partial charge in [0.1, 0.15) is 0 Å². The fraction of sp³-hybridized carbons (Fsp3) is 1.00. The monoisotopic (exact) mass is 184 g/mol. The van der Waals surface area contributed by atoms with Crippen molar-refractivity contribution in [1.29, 1.82) is 0 Å². The summed E-state index contributed by atoms with van der Waals surface area (Å²) in [7, 11) is 0. The van der Waals surface area contributed by atoms with Crippen LogP contribution in [0.4, 0.5) is 0 Å². The van der Waals surface area contributed by atoms with E-state index < -0.39 is 0 Å². The molecule has 0 atom stereocenters. The number of hydrogen-bond acceptors (Lipinski definition) is 2. The first-order chi connectivity index (χ1) is 6.20. The van der Waals surface area contributed by atoms with E-state index in [1.165, 1.54) is 39.0 Å². The molecule has 0 unspecified atom stereocenters. The zero-order valence-electron chi connectivity index (χ0n) is 9.40. The van der Waals surface area contributed by atoms with Crippen molar-refractivity contribution < 1.29 is 0 Å². The van der Waals surface area contributed by atoms with Gasteiger partial charge in [0.05, 0.1) is 0 Å². The maximum Gasteiger partial charge on any atom is 0.0107 e. The summed E-state index contributed by atoms with van der Waals surface area (Å²) in [6.45, 7) is 12.7. The van der Waals surface area contributed by atoms with Gasteiger partial charge >= 0.3 is 0 Å². The second-order valence-corrected chi connectivity index (χ2v) is 4.51. The highest BCUT2D eigenvalue weighted by Crippen LogP contribution is 2.43. The van der Waals surface area contributed by atoms with Crippen molar-refractivity contribution >= 4 is 0 Å². The molecule has 1 aliphatic rings. The molecule has 0 bridgehead atoms. The molecule has 0 heterocycles. The number of nitrogens with one attached hydrogen (secondary N) is 1. The van der Waals surface area contributed by atoms with E-state index in [0.717, 1.165) is 6.54 Å². The van der Waals surface area contributed by atoms with Crippen molar-refractivity contribution in [1.82, 2.24) is 10.2 Å². The number of hydrogen-bond donors (Lipinski definition) is 1. The van der Waals surface area contributed by atoms with Crippen LogP contribution in [0.5, 0.6) is 0 Å². The number of rotatable bonds is 7. The largest absolute Gasteiger partial charge is 0.315 e. The van der Waals surface area contributed by atoms with Crippen molar-refractivity contribution in [2.75, 3.05) is 32.7 Å². The van der Waals surface area contributed by atoms with E-state index in [1.54, 1.807) is 0 Å². The van der Waals surface area contributed by atoms with Crippen LogP contribution >= 0.6 is 0 Å². The minimum absolute atomic E-state index is 0.656. The summed E-state index contributed by atoms with van der Waals surface area (Å²) >= 11 is 0. The van der Waals surface area contributed by atoms with E-state index in [-0.39, 0.29) is 0 Å². The van der Waals surface area contributed by atoms with Crippen LogP contribution in [0.25, 0.3) is 0 Å². The molecule has 1 N–H and O–H groups in total. The van der Waals surface area contributed by atoms with Crippen molar-refractivity contribution in [3.05, 3.63) is 0 Å². The molecule has 13 heavy (non-hydrogen) atoms. The van der Waals surface area contributed by atoms with Gasteiger partial charge in [-0.05, 0) is 31.3 Å². The fourth-order valence-electron chi connectivity index (χ4n) is 1.56. The summed E-state index contributed by atoms with van der Waals surface area (Å²) in [4.78, 5) is 2.46. The van der Waals surface area contributed by atoms with E-state index in [9.17, 15) is 0 Å². The second-order valence-electron chi connectivity index (χ2n) is 4.51. The Morgan fingerprint density at radius 1 is 1.23 bits per heavy atom. The van der Waals surface area contributed by atoms with Gasteiger partial charge in [-0.1, -0.05) is 20.8 Å². The molecule has 1 fully saturated rings. The van der Waals surface area contributed by atoms with Gasteiger partial charge < -0.3 is 10.2 Å². The highest BCUT2D eigenvalue weighted by Gasteiger charge is 2.36. The van der Waals surface area contributed by atoms with Crippen LogP contribution in [0.15, 0.2) is 0 Å². The van der Waals surface area contributed by atoms with Gasteiger partial charge in [-0.2, -0.15) is 0 Å². The van der Waals surface area contributed by atoms with Crippen molar-refractivity contribution in [2.24, 2.45) is 5.41 Å². The second kappa shape index (κ2) is 4.97. The molecular weight excluding hydrogens is 160 g/mol. The van der Waals surface area contributed by atoms with E-state index in [4.69, 9.17) is 0 Å². The molecule has 2 nitrogen and oxygen atoms in total. The van der Waals surface area contributed by atoms with Crippen molar-refractivity contribution in [3.63, 3.8) is 0 Å². The smallest absolute Gasteiger partial charge is 0.0107 e. The van der Waals surface area contributed by atoms with Gasteiger partial charge in [-0.25, -0.2) is 0 Å². The summed E-state index contributed by atoms with van der Waals surface area (Å²) in [6, 6.07) is 0. The summed E-state index contributed by atoms with van der Waals surface area (Å²) in [6.07, 6.45) is 2.84. The maximum atomic E-state index is 3.55. The van der Waals surface area contributed by atoms with Gasteiger partial charge in [0.25, 0.3) is 0 Å². The molecule has 1 rings (SSSR count). The standard InChI is InChI=1S/C11H24N2/c1-4-13(5-2)9-8-12-10-11(3)6-7-11/h12H,4-10H2,1-3H3. The van der Waals surface area contributed by atoms with Crippen molar-refractivity contribution in [2.45, 2.75) is 33.6 Å². The number of nitrogens with zero attached hydrogens (tertiary/aromatic N) is 1. The van der Waals surface area contributed by atoms with Crippen LogP contribution in [0.1, 0.15) is 33.6 Å². The molecule has 78 valence electrons. The Hall–Kier alpha value is -0.0800. The Bertz CT molecular complexity index is 137. The molecular formula is C11H24N2. The molecule has 0 amide bonds. The van der Waals surface area contributed by atoms with Crippen LogP contribution in [0, 0.1) is 5.41 Å². The predicted molar refractivity (Wildman–Crippen MR) is 58.0 cm³/mol. The summed E-state index contributed by atoms with van der Waals surface area (Å²) in [5.41, 5.74) is 0.656. The molecule has 0 aromatic carbocycles.